The number of carbonyl (C=O) groups excluding carboxylic acids is 1. The first-order chi connectivity index (χ1) is 12.7. The van der Waals surface area contributed by atoms with E-state index in [0.29, 0.717) is 13.0 Å². The third kappa shape index (κ3) is 5.40. The van der Waals surface area contributed by atoms with Crippen LogP contribution in [-0.2, 0) is 11.2 Å². The standard InChI is InChI=1S/C22H29N3O/c1-18-11-14-25(15-12-18)21(20-7-3-2-4-8-20)17-24-22(26)10-9-19-6-5-13-23-16-19/h2-8,13,16,18,21H,9-12,14-15,17H2,1H3,(H,24,26). The largest absolute Gasteiger partial charge is 0.354 e. The van der Waals surface area contributed by atoms with Crippen molar-refractivity contribution in [1.29, 1.82) is 0 Å². The summed E-state index contributed by atoms with van der Waals surface area (Å²) < 4.78 is 0. The van der Waals surface area contributed by atoms with Gasteiger partial charge < -0.3 is 5.32 Å². The second-order valence-electron chi connectivity index (χ2n) is 7.31. The summed E-state index contributed by atoms with van der Waals surface area (Å²) in [6, 6.07) is 14.7. The number of amides is 1. The van der Waals surface area contributed by atoms with E-state index < -0.39 is 0 Å². The quantitative estimate of drug-likeness (QED) is 0.829. The first-order valence-electron chi connectivity index (χ1n) is 9.67. The number of piperidine rings is 1. The molecular formula is C22H29N3O. The van der Waals surface area contributed by atoms with Gasteiger partial charge >= 0.3 is 0 Å². The van der Waals surface area contributed by atoms with E-state index in [0.717, 1.165) is 31.0 Å². The van der Waals surface area contributed by atoms with Crippen molar-refractivity contribution in [1.82, 2.24) is 15.2 Å². The van der Waals surface area contributed by atoms with Crippen LogP contribution in [0.5, 0.6) is 0 Å². The molecular weight excluding hydrogens is 322 g/mol. The lowest BCUT2D eigenvalue weighted by Crippen LogP contribution is -2.42. The van der Waals surface area contributed by atoms with Gasteiger partial charge in [0.15, 0.2) is 0 Å². The molecule has 0 spiro atoms. The third-order valence-electron chi connectivity index (χ3n) is 5.30. The molecule has 26 heavy (non-hydrogen) atoms. The summed E-state index contributed by atoms with van der Waals surface area (Å²) >= 11 is 0. The number of nitrogens with zero attached hydrogens (tertiary/aromatic N) is 2. The normalized spacial score (nSPS) is 17.0. The van der Waals surface area contributed by atoms with E-state index in [1.165, 1.54) is 18.4 Å². The van der Waals surface area contributed by atoms with E-state index in [2.05, 4.69) is 46.4 Å². The molecule has 1 aliphatic rings. The van der Waals surface area contributed by atoms with Crippen LogP contribution in [0.4, 0.5) is 0 Å². The van der Waals surface area contributed by atoms with Crippen molar-refractivity contribution in [3.8, 4) is 0 Å². The highest BCUT2D eigenvalue weighted by atomic mass is 16.1. The van der Waals surface area contributed by atoms with Crippen LogP contribution < -0.4 is 5.32 Å². The van der Waals surface area contributed by atoms with Gasteiger partial charge in [-0.25, -0.2) is 0 Å². The van der Waals surface area contributed by atoms with Gasteiger partial charge in [-0.1, -0.05) is 43.3 Å². The monoisotopic (exact) mass is 351 g/mol. The van der Waals surface area contributed by atoms with Crippen molar-refractivity contribution >= 4 is 5.91 Å². The minimum absolute atomic E-state index is 0.111. The molecule has 1 N–H and O–H groups in total. The van der Waals surface area contributed by atoms with E-state index >= 15 is 0 Å². The fourth-order valence-corrected chi connectivity index (χ4v) is 3.58. The van der Waals surface area contributed by atoms with Crippen LogP contribution in [0.25, 0.3) is 0 Å². The number of aryl methyl sites for hydroxylation is 1. The Bertz CT molecular complexity index is 666. The van der Waals surface area contributed by atoms with Gasteiger partial charge in [0.05, 0.1) is 6.04 Å². The van der Waals surface area contributed by atoms with Crippen LogP contribution >= 0.6 is 0 Å². The van der Waals surface area contributed by atoms with Crippen molar-refractivity contribution in [2.75, 3.05) is 19.6 Å². The Morgan fingerprint density at radius 2 is 1.96 bits per heavy atom. The summed E-state index contributed by atoms with van der Waals surface area (Å²) in [7, 11) is 0. The fourth-order valence-electron chi connectivity index (χ4n) is 3.58. The Hall–Kier alpha value is -2.20. The second-order valence-corrected chi connectivity index (χ2v) is 7.31. The summed E-state index contributed by atoms with van der Waals surface area (Å²) in [4.78, 5) is 19.0. The molecule has 1 aromatic heterocycles. The predicted molar refractivity (Wildman–Crippen MR) is 105 cm³/mol. The predicted octanol–water partition coefficient (Wildman–Crippen LogP) is 3.60. The number of pyridine rings is 1. The summed E-state index contributed by atoms with van der Waals surface area (Å²) in [5.41, 5.74) is 2.39. The smallest absolute Gasteiger partial charge is 0.220 e. The van der Waals surface area contributed by atoms with Crippen LogP contribution in [0.1, 0.15) is 43.4 Å². The molecule has 0 aliphatic carbocycles. The number of aromatic nitrogens is 1. The zero-order valence-corrected chi connectivity index (χ0v) is 15.6. The van der Waals surface area contributed by atoms with E-state index in [-0.39, 0.29) is 11.9 Å². The molecule has 1 amide bonds. The SMILES string of the molecule is CC1CCN(C(CNC(=O)CCc2cccnc2)c2ccccc2)CC1. The molecule has 0 bridgehead atoms. The minimum atomic E-state index is 0.111. The van der Waals surface area contributed by atoms with Crippen molar-refractivity contribution in [2.24, 2.45) is 5.92 Å². The molecule has 1 fully saturated rings. The number of nitrogens with one attached hydrogen (secondary N) is 1. The summed E-state index contributed by atoms with van der Waals surface area (Å²) in [6.07, 6.45) is 7.29. The van der Waals surface area contributed by atoms with Crippen molar-refractivity contribution in [2.45, 2.75) is 38.6 Å². The average molecular weight is 351 g/mol. The summed E-state index contributed by atoms with van der Waals surface area (Å²) in [5.74, 6) is 0.914. The first kappa shape index (κ1) is 18.6. The second kappa shape index (κ2) is 9.48. The molecule has 0 saturated carbocycles. The van der Waals surface area contributed by atoms with Crippen LogP contribution in [0.15, 0.2) is 54.9 Å². The molecule has 1 unspecified atom stereocenters. The summed E-state index contributed by atoms with van der Waals surface area (Å²) in [5, 5.41) is 3.16. The highest BCUT2D eigenvalue weighted by molar-refractivity contribution is 5.76. The van der Waals surface area contributed by atoms with Gasteiger partial charge in [0, 0.05) is 25.4 Å². The Kier molecular flexibility index (Phi) is 6.78. The van der Waals surface area contributed by atoms with Crippen LogP contribution in [0.3, 0.4) is 0 Å². The molecule has 0 radical (unpaired) electrons. The Morgan fingerprint density at radius 3 is 2.65 bits per heavy atom. The maximum absolute atomic E-state index is 12.3. The van der Waals surface area contributed by atoms with Gasteiger partial charge in [-0.3, -0.25) is 14.7 Å². The molecule has 138 valence electrons. The van der Waals surface area contributed by atoms with Gasteiger partial charge in [-0.05, 0) is 55.5 Å². The molecule has 2 heterocycles. The molecule has 4 heteroatoms. The van der Waals surface area contributed by atoms with Gasteiger partial charge in [0.1, 0.15) is 0 Å². The average Bonchev–Trinajstić information content (AvgIpc) is 2.69. The molecule has 4 nitrogen and oxygen atoms in total. The van der Waals surface area contributed by atoms with Gasteiger partial charge in [0.2, 0.25) is 5.91 Å². The third-order valence-corrected chi connectivity index (χ3v) is 5.30. The zero-order valence-electron chi connectivity index (χ0n) is 15.6. The number of hydrogen-bond acceptors (Lipinski definition) is 3. The lowest BCUT2D eigenvalue weighted by atomic mass is 9.95. The van der Waals surface area contributed by atoms with Gasteiger partial charge in [0.25, 0.3) is 0 Å². The highest BCUT2D eigenvalue weighted by Crippen LogP contribution is 2.26. The maximum Gasteiger partial charge on any atom is 0.220 e. The van der Waals surface area contributed by atoms with Crippen LogP contribution in [0.2, 0.25) is 0 Å². The maximum atomic E-state index is 12.3. The number of likely N-dealkylation sites (tertiary alicyclic amines) is 1. The Balaban J connectivity index is 1.56. The van der Waals surface area contributed by atoms with Gasteiger partial charge in [-0.2, -0.15) is 0 Å². The van der Waals surface area contributed by atoms with E-state index in [4.69, 9.17) is 0 Å². The van der Waals surface area contributed by atoms with E-state index in [1.807, 2.05) is 24.4 Å². The van der Waals surface area contributed by atoms with E-state index in [9.17, 15) is 4.79 Å². The Labute approximate surface area is 156 Å². The number of rotatable bonds is 7. The zero-order chi connectivity index (χ0) is 18.2. The van der Waals surface area contributed by atoms with Crippen LogP contribution in [-0.4, -0.2) is 35.4 Å². The lowest BCUT2D eigenvalue weighted by molar-refractivity contribution is -0.121. The molecule has 1 atom stereocenters. The van der Waals surface area contributed by atoms with Crippen molar-refractivity contribution in [3.05, 3.63) is 66.0 Å². The number of benzene rings is 1. The fraction of sp³-hybridized carbons (Fsp3) is 0.455. The lowest BCUT2D eigenvalue weighted by Gasteiger charge is -2.37. The molecule has 1 aliphatic heterocycles. The number of carbonyl (C=O) groups is 1. The topological polar surface area (TPSA) is 45.2 Å². The van der Waals surface area contributed by atoms with Crippen molar-refractivity contribution < 1.29 is 4.79 Å². The molecule has 3 rings (SSSR count). The minimum Gasteiger partial charge on any atom is -0.354 e. The van der Waals surface area contributed by atoms with Gasteiger partial charge in [-0.15, -0.1) is 0 Å². The van der Waals surface area contributed by atoms with E-state index in [1.54, 1.807) is 6.20 Å². The van der Waals surface area contributed by atoms with Crippen LogP contribution in [0, 0.1) is 5.92 Å². The molecule has 2 aromatic rings. The Morgan fingerprint density at radius 1 is 1.19 bits per heavy atom. The number of hydrogen-bond donors (Lipinski definition) is 1. The first-order valence-corrected chi connectivity index (χ1v) is 9.67. The highest BCUT2D eigenvalue weighted by Gasteiger charge is 2.24. The molecule has 1 saturated heterocycles. The van der Waals surface area contributed by atoms with Crippen molar-refractivity contribution in [3.63, 3.8) is 0 Å². The summed E-state index contributed by atoms with van der Waals surface area (Å²) in [6.45, 7) is 5.21. The molecule has 1 aromatic carbocycles.